The summed E-state index contributed by atoms with van der Waals surface area (Å²) in [5, 5.41) is 6.21. The molecule has 148 valence electrons. The highest BCUT2D eigenvalue weighted by Gasteiger charge is 2.41. The van der Waals surface area contributed by atoms with Crippen molar-refractivity contribution in [1.82, 2.24) is 10.2 Å². The first-order valence-electron chi connectivity index (χ1n) is 9.82. The van der Waals surface area contributed by atoms with Gasteiger partial charge in [0.15, 0.2) is 0 Å². The number of rotatable bonds is 3. The van der Waals surface area contributed by atoms with E-state index in [1.807, 2.05) is 49.9 Å². The Kier molecular flexibility index (Phi) is 5.63. The summed E-state index contributed by atoms with van der Waals surface area (Å²) in [5.41, 5.74) is 0.344. The van der Waals surface area contributed by atoms with Crippen LogP contribution < -0.4 is 15.4 Å². The summed E-state index contributed by atoms with van der Waals surface area (Å²) in [6.45, 7) is 5.79. The molecule has 2 fully saturated rings. The van der Waals surface area contributed by atoms with E-state index in [-0.39, 0.29) is 30.1 Å². The number of carbonyl (C=O) groups is 2. The highest BCUT2D eigenvalue weighted by atomic mass is 16.5. The van der Waals surface area contributed by atoms with Crippen LogP contribution in [0.2, 0.25) is 0 Å². The second kappa shape index (κ2) is 7.79. The summed E-state index contributed by atoms with van der Waals surface area (Å²) in [4.78, 5) is 27.3. The number of amides is 3. The highest BCUT2D eigenvalue weighted by Crippen LogP contribution is 2.35. The van der Waals surface area contributed by atoms with Crippen LogP contribution in [0.5, 0.6) is 5.75 Å². The van der Waals surface area contributed by atoms with Gasteiger partial charge in [-0.25, -0.2) is 4.79 Å². The Balaban J connectivity index is 1.66. The molecule has 2 N–H and O–H groups in total. The van der Waals surface area contributed by atoms with Crippen molar-refractivity contribution in [3.05, 3.63) is 24.3 Å². The largest absolute Gasteiger partial charge is 0.497 e. The first-order chi connectivity index (χ1) is 12.8. The molecule has 2 saturated heterocycles. The van der Waals surface area contributed by atoms with Crippen molar-refractivity contribution in [2.45, 2.75) is 71.0 Å². The van der Waals surface area contributed by atoms with Crippen molar-refractivity contribution < 1.29 is 14.3 Å². The standard InChI is InChI=1S/C21H31N3O3/c1-21(2,3)19(25)22-15-11-16-8-6-9-17(12-15)24(16)20(26)23-14-7-5-10-18(13-14)27-4/h5,7,10,13,15-17H,6,8-9,11-12H2,1-4H3,(H,22,25)(H,23,26)/t15?,16-,17+. The van der Waals surface area contributed by atoms with Gasteiger partial charge >= 0.3 is 6.03 Å². The summed E-state index contributed by atoms with van der Waals surface area (Å²) in [6.07, 6.45) is 4.76. The monoisotopic (exact) mass is 373 g/mol. The summed E-state index contributed by atoms with van der Waals surface area (Å²) >= 11 is 0. The van der Waals surface area contributed by atoms with Crippen LogP contribution in [0.1, 0.15) is 52.9 Å². The Hall–Kier alpha value is -2.24. The Labute approximate surface area is 161 Å². The lowest BCUT2D eigenvalue weighted by Gasteiger charge is -2.49. The third-order valence-electron chi connectivity index (χ3n) is 5.55. The van der Waals surface area contributed by atoms with Crippen molar-refractivity contribution in [3.8, 4) is 5.75 Å². The van der Waals surface area contributed by atoms with Gasteiger partial charge in [-0.2, -0.15) is 0 Å². The molecule has 3 amide bonds. The molecule has 27 heavy (non-hydrogen) atoms. The van der Waals surface area contributed by atoms with Crippen molar-refractivity contribution in [2.75, 3.05) is 12.4 Å². The number of fused-ring (bicyclic) bond motifs is 2. The SMILES string of the molecule is COc1cccc(NC(=O)N2[C@@H]3CCC[C@H]2CC(NC(=O)C(C)(C)C)C3)c1. The molecule has 2 bridgehead atoms. The van der Waals surface area contributed by atoms with E-state index in [2.05, 4.69) is 10.6 Å². The van der Waals surface area contributed by atoms with Crippen LogP contribution in [0.3, 0.4) is 0 Å². The summed E-state index contributed by atoms with van der Waals surface area (Å²) in [7, 11) is 1.61. The van der Waals surface area contributed by atoms with Crippen molar-refractivity contribution >= 4 is 17.6 Å². The van der Waals surface area contributed by atoms with E-state index in [1.54, 1.807) is 7.11 Å². The van der Waals surface area contributed by atoms with Crippen LogP contribution in [0.25, 0.3) is 0 Å². The minimum atomic E-state index is -0.393. The highest BCUT2D eigenvalue weighted by molar-refractivity contribution is 5.90. The number of hydrogen-bond acceptors (Lipinski definition) is 3. The van der Waals surface area contributed by atoms with Gasteiger partial charge in [0.1, 0.15) is 5.75 Å². The number of hydrogen-bond donors (Lipinski definition) is 2. The quantitative estimate of drug-likeness (QED) is 0.847. The number of benzene rings is 1. The number of methoxy groups -OCH3 is 1. The van der Waals surface area contributed by atoms with E-state index in [9.17, 15) is 9.59 Å². The molecule has 0 aromatic heterocycles. The molecular formula is C21H31N3O3. The van der Waals surface area contributed by atoms with Gasteiger partial charge in [-0.05, 0) is 44.2 Å². The number of carbonyl (C=O) groups excluding carboxylic acids is 2. The molecule has 0 saturated carbocycles. The predicted octanol–water partition coefficient (Wildman–Crippen LogP) is 3.77. The van der Waals surface area contributed by atoms with Crippen molar-refractivity contribution in [3.63, 3.8) is 0 Å². The van der Waals surface area contributed by atoms with Crippen LogP contribution in [0.15, 0.2) is 24.3 Å². The molecule has 6 nitrogen and oxygen atoms in total. The lowest BCUT2D eigenvalue weighted by Crippen LogP contribution is -2.60. The molecule has 0 spiro atoms. The Bertz CT molecular complexity index is 684. The zero-order valence-corrected chi connectivity index (χ0v) is 16.7. The fourth-order valence-electron chi connectivity index (χ4n) is 4.12. The van der Waals surface area contributed by atoms with E-state index in [4.69, 9.17) is 4.74 Å². The van der Waals surface area contributed by atoms with Gasteiger partial charge in [0.05, 0.1) is 7.11 Å². The number of nitrogens with one attached hydrogen (secondary N) is 2. The van der Waals surface area contributed by atoms with E-state index in [0.717, 1.165) is 43.5 Å². The fourth-order valence-corrected chi connectivity index (χ4v) is 4.12. The number of piperidine rings is 2. The third-order valence-corrected chi connectivity index (χ3v) is 5.55. The van der Waals surface area contributed by atoms with Crippen molar-refractivity contribution in [2.24, 2.45) is 5.41 Å². The molecule has 0 radical (unpaired) electrons. The van der Waals surface area contributed by atoms with Gasteiger partial charge < -0.3 is 20.3 Å². The molecule has 0 aliphatic carbocycles. The number of urea groups is 1. The molecule has 1 unspecified atom stereocenters. The average Bonchev–Trinajstić information content (AvgIpc) is 2.60. The first-order valence-corrected chi connectivity index (χ1v) is 9.82. The van der Waals surface area contributed by atoms with Crippen LogP contribution >= 0.6 is 0 Å². The van der Waals surface area contributed by atoms with Crippen LogP contribution in [-0.4, -0.2) is 42.1 Å². The fraction of sp³-hybridized carbons (Fsp3) is 0.619. The minimum absolute atomic E-state index is 0.0569. The van der Waals surface area contributed by atoms with E-state index in [1.165, 1.54) is 0 Å². The molecule has 2 aliphatic rings. The lowest BCUT2D eigenvalue weighted by molar-refractivity contribution is -0.129. The van der Waals surface area contributed by atoms with Gasteiger partial charge in [0, 0.05) is 35.3 Å². The second-order valence-electron chi connectivity index (χ2n) is 8.70. The molecule has 1 aromatic rings. The van der Waals surface area contributed by atoms with Crippen molar-refractivity contribution in [1.29, 1.82) is 0 Å². The zero-order chi connectivity index (χ0) is 19.6. The topological polar surface area (TPSA) is 70.7 Å². The van der Waals surface area contributed by atoms with Gasteiger partial charge in [0.25, 0.3) is 0 Å². The van der Waals surface area contributed by atoms with E-state index >= 15 is 0 Å². The maximum atomic E-state index is 13.0. The number of nitrogens with zero attached hydrogens (tertiary/aromatic N) is 1. The number of anilines is 1. The minimum Gasteiger partial charge on any atom is -0.497 e. The van der Waals surface area contributed by atoms with Gasteiger partial charge in [-0.1, -0.05) is 26.8 Å². The summed E-state index contributed by atoms with van der Waals surface area (Å²) in [5.74, 6) is 0.802. The smallest absolute Gasteiger partial charge is 0.322 e. The number of ether oxygens (including phenoxy) is 1. The van der Waals surface area contributed by atoms with Gasteiger partial charge in [-0.3, -0.25) is 4.79 Å². The Morgan fingerprint density at radius 2 is 1.81 bits per heavy atom. The Morgan fingerprint density at radius 3 is 2.41 bits per heavy atom. The summed E-state index contributed by atoms with van der Waals surface area (Å²) < 4.78 is 5.23. The van der Waals surface area contributed by atoms with Crippen LogP contribution in [-0.2, 0) is 4.79 Å². The maximum absolute atomic E-state index is 13.0. The summed E-state index contributed by atoms with van der Waals surface area (Å²) in [6, 6.07) is 7.85. The second-order valence-corrected chi connectivity index (χ2v) is 8.70. The third kappa shape index (κ3) is 4.54. The molecule has 1 aromatic carbocycles. The predicted molar refractivity (Wildman–Crippen MR) is 106 cm³/mol. The molecule has 3 atom stereocenters. The normalized spacial score (nSPS) is 24.9. The Morgan fingerprint density at radius 1 is 1.15 bits per heavy atom. The van der Waals surface area contributed by atoms with Gasteiger partial charge in [0.2, 0.25) is 5.91 Å². The van der Waals surface area contributed by atoms with Crippen LogP contribution in [0.4, 0.5) is 10.5 Å². The molecule has 2 aliphatic heterocycles. The average molecular weight is 373 g/mol. The van der Waals surface area contributed by atoms with E-state index in [0.29, 0.717) is 0 Å². The van der Waals surface area contributed by atoms with E-state index < -0.39 is 5.41 Å². The molecule has 6 heteroatoms. The lowest BCUT2D eigenvalue weighted by atomic mass is 9.81. The first kappa shape index (κ1) is 19.5. The molecule has 3 rings (SSSR count). The maximum Gasteiger partial charge on any atom is 0.322 e. The molecular weight excluding hydrogens is 342 g/mol. The molecule has 2 heterocycles. The van der Waals surface area contributed by atoms with Crippen LogP contribution in [0, 0.1) is 5.41 Å². The zero-order valence-electron chi connectivity index (χ0n) is 16.7. The van der Waals surface area contributed by atoms with Gasteiger partial charge in [-0.15, -0.1) is 0 Å².